The number of nitrogens with zero attached hydrogens (tertiary/aromatic N) is 1. The van der Waals surface area contributed by atoms with Crippen LogP contribution in [0.3, 0.4) is 0 Å². The fourth-order valence-corrected chi connectivity index (χ4v) is 4.22. The smallest absolute Gasteiger partial charge is 0.358 e. The maximum Gasteiger partial charge on any atom is 0.358 e. The van der Waals surface area contributed by atoms with Crippen molar-refractivity contribution >= 4 is 39.6 Å². The molecular weight excluding hydrogens is 382 g/mol. The van der Waals surface area contributed by atoms with E-state index in [0.717, 1.165) is 27.9 Å². The highest BCUT2D eigenvalue weighted by Gasteiger charge is 2.15. The second-order valence-corrected chi connectivity index (χ2v) is 7.54. The molecule has 7 heteroatoms. The Balaban J connectivity index is 1.55. The minimum absolute atomic E-state index is 0.0162. The van der Waals surface area contributed by atoms with Crippen LogP contribution in [0.1, 0.15) is 28.5 Å². The van der Waals surface area contributed by atoms with Crippen molar-refractivity contribution in [2.24, 2.45) is 0 Å². The Labute approximate surface area is 162 Å². The number of hydrogen-bond donors (Lipinski definition) is 0. The monoisotopic (exact) mass is 397 g/mol. The van der Waals surface area contributed by atoms with Crippen molar-refractivity contribution in [3.8, 4) is 10.6 Å². The number of thiophene rings is 1. The number of aromatic nitrogens is 1. The van der Waals surface area contributed by atoms with Crippen molar-refractivity contribution in [3.63, 3.8) is 0 Å². The van der Waals surface area contributed by atoms with Gasteiger partial charge in [0.05, 0.1) is 0 Å². The van der Waals surface area contributed by atoms with Crippen LogP contribution in [0.25, 0.3) is 21.5 Å². The van der Waals surface area contributed by atoms with Crippen LogP contribution in [0.2, 0.25) is 0 Å². The SMILES string of the molecule is CCc1ccc2c(COC(=O)c3csc(-c4ccsc4)n3)cc(=O)oc2c1. The molecule has 0 saturated carbocycles. The average Bonchev–Trinajstić information content (AvgIpc) is 3.36. The first-order chi connectivity index (χ1) is 13.1. The van der Waals surface area contributed by atoms with Gasteiger partial charge in [0.2, 0.25) is 0 Å². The number of rotatable bonds is 5. The van der Waals surface area contributed by atoms with E-state index in [1.807, 2.05) is 41.9 Å². The first-order valence-electron chi connectivity index (χ1n) is 8.35. The van der Waals surface area contributed by atoms with Crippen LogP contribution in [0, 0.1) is 0 Å². The van der Waals surface area contributed by atoms with Gasteiger partial charge in [-0.2, -0.15) is 11.3 Å². The predicted molar refractivity (Wildman–Crippen MR) is 106 cm³/mol. The van der Waals surface area contributed by atoms with Gasteiger partial charge in [0, 0.05) is 33.3 Å². The Kier molecular flexibility index (Phi) is 4.87. The number of benzene rings is 1. The van der Waals surface area contributed by atoms with Crippen LogP contribution in [0.15, 0.2) is 55.7 Å². The summed E-state index contributed by atoms with van der Waals surface area (Å²) < 4.78 is 10.7. The first-order valence-corrected chi connectivity index (χ1v) is 10.2. The number of carbonyl (C=O) groups excluding carboxylic acids is 1. The summed E-state index contributed by atoms with van der Waals surface area (Å²) in [6.45, 7) is 2.01. The Bertz CT molecular complexity index is 1160. The zero-order valence-electron chi connectivity index (χ0n) is 14.4. The Morgan fingerprint density at radius 1 is 1.22 bits per heavy atom. The molecule has 0 fully saturated rings. The molecule has 0 aliphatic heterocycles. The Morgan fingerprint density at radius 2 is 2.11 bits per heavy atom. The summed E-state index contributed by atoms with van der Waals surface area (Å²) in [7, 11) is 0. The predicted octanol–water partition coefficient (Wildman–Crippen LogP) is 4.90. The van der Waals surface area contributed by atoms with E-state index in [2.05, 4.69) is 4.98 Å². The molecule has 3 heterocycles. The van der Waals surface area contributed by atoms with Crippen LogP contribution in [-0.2, 0) is 17.8 Å². The van der Waals surface area contributed by atoms with Gasteiger partial charge in [-0.25, -0.2) is 14.6 Å². The number of aryl methyl sites for hydroxylation is 1. The summed E-state index contributed by atoms with van der Waals surface area (Å²) in [5, 5.41) is 7.16. The second kappa shape index (κ2) is 7.46. The van der Waals surface area contributed by atoms with Crippen molar-refractivity contribution < 1.29 is 13.9 Å². The van der Waals surface area contributed by atoms with Crippen molar-refractivity contribution in [2.45, 2.75) is 20.0 Å². The third-order valence-corrected chi connectivity index (χ3v) is 5.72. The second-order valence-electron chi connectivity index (χ2n) is 5.90. The molecule has 1 aromatic carbocycles. The van der Waals surface area contributed by atoms with Crippen molar-refractivity contribution in [1.29, 1.82) is 0 Å². The Hall–Kier alpha value is -2.77. The summed E-state index contributed by atoms with van der Waals surface area (Å²) in [4.78, 5) is 28.5. The third-order valence-electron chi connectivity index (χ3n) is 4.14. The number of carbonyl (C=O) groups is 1. The lowest BCUT2D eigenvalue weighted by Gasteiger charge is -2.07. The van der Waals surface area contributed by atoms with E-state index in [-0.39, 0.29) is 12.3 Å². The fourth-order valence-electron chi connectivity index (χ4n) is 2.72. The van der Waals surface area contributed by atoms with Gasteiger partial charge in [-0.1, -0.05) is 19.1 Å². The lowest BCUT2D eigenvalue weighted by Crippen LogP contribution is -2.08. The maximum absolute atomic E-state index is 12.3. The molecule has 0 atom stereocenters. The van der Waals surface area contributed by atoms with Crippen LogP contribution in [0.5, 0.6) is 0 Å². The van der Waals surface area contributed by atoms with Gasteiger partial charge in [-0.05, 0) is 29.5 Å². The van der Waals surface area contributed by atoms with Crippen LogP contribution < -0.4 is 5.63 Å². The molecule has 3 aromatic heterocycles. The van der Waals surface area contributed by atoms with Crippen molar-refractivity contribution in [3.05, 3.63) is 73.7 Å². The summed E-state index contributed by atoms with van der Waals surface area (Å²) in [5.41, 5.74) is 2.98. The molecule has 0 unspecified atom stereocenters. The van der Waals surface area contributed by atoms with Gasteiger partial charge in [-0.15, -0.1) is 11.3 Å². The highest BCUT2D eigenvalue weighted by Crippen LogP contribution is 2.26. The van der Waals surface area contributed by atoms with Gasteiger partial charge >= 0.3 is 11.6 Å². The molecule has 0 N–H and O–H groups in total. The average molecular weight is 397 g/mol. The van der Waals surface area contributed by atoms with Crippen LogP contribution in [0.4, 0.5) is 0 Å². The molecule has 0 radical (unpaired) electrons. The van der Waals surface area contributed by atoms with E-state index in [9.17, 15) is 9.59 Å². The summed E-state index contributed by atoms with van der Waals surface area (Å²) in [6, 6.07) is 9.02. The van der Waals surface area contributed by atoms with Crippen molar-refractivity contribution in [1.82, 2.24) is 4.98 Å². The number of esters is 1. The third kappa shape index (κ3) is 3.70. The fraction of sp³-hybridized carbons (Fsp3) is 0.150. The largest absolute Gasteiger partial charge is 0.456 e. The zero-order valence-corrected chi connectivity index (χ0v) is 16.1. The van der Waals surface area contributed by atoms with E-state index in [4.69, 9.17) is 9.15 Å². The zero-order chi connectivity index (χ0) is 18.8. The first kappa shape index (κ1) is 17.6. The van der Waals surface area contributed by atoms with E-state index >= 15 is 0 Å². The summed E-state index contributed by atoms with van der Waals surface area (Å²) in [5.74, 6) is -0.515. The lowest BCUT2D eigenvalue weighted by atomic mass is 10.1. The van der Waals surface area contributed by atoms with Gasteiger partial charge < -0.3 is 9.15 Å². The summed E-state index contributed by atoms with van der Waals surface area (Å²) >= 11 is 2.97. The number of hydrogen-bond acceptors (Lipinski definition) is 7. The highest BCUT2D eigenvalue weighted by molar-refractivity contribution is 7.14. The molecule has 27 heavy (non-hydrogen) atoms. The molecule has 136 valence electrons. The molecule has 5 nitrogen and oxygen atoms in total. The molecular formula is C20H15NO4S2. The quantitative estimate of drug-likeness (QED) is 0.354. The van der Waals surface area contributed by atoms with E-state index in [1.54, 1.807) is 16.7 Å². The number of fused-ring (bicyclic) bond motifs is 1. The van der Waals surface area contributed by atoms with Crippen LogP contribution in [-0.4, -0.2) is 11.0 Å². The topological polar surface area (TPSA) is 69.4 Å². The minimum atomic E-state index is -0.515. The van der Waals surface area contributed by atoms with Gasteiger partial charge in [0.1, 0.15) is 17.2 Å². The van der Waals surface area contributed by atoms with E-state index < -0.39 is 11.6 Å². The standard InChI is InChI=1S/C20H15NO4S2/c1-2-12-3-4-15-14(8-18(22)25-17(15)7-12)9-24-20(23)16-11-27-19(21-16)13-5-6-26-10-13/h3-8,10-11H,2,9H2,1H3. The molecule has 0 amide bonds. The molecule has 0 spiro atoms. The number of thiazole rings is 1. The lowest BCUT2D eigenvalue weighted by molar-refractivity contribution is 0.0468. The molecule has 0 bridgehead atoms. The molecule has 0 saturated heterocycles. The van der Waals surface area contributed by atoms with E-state index in [0.29, 0.717) is 11.1 Å². The molecule has 0 aliphatic carbocycles. The highest BCUT2D eigenvalue weighted by atomic mass is 32.1. The molecule has 4 aromatic rings. The van der Waals surface area contributed by atoms with Gasteiger partial charge in [0.15, 0.2) is 5.69 Å². The van der Waals surface area contributed by atoms with E-state index in [1.165, 1.54) is 17.4 Å². The van der Waals surface area contributed by atoms with Crippen molar-refractivity contribution in [2.75, 3.05) is 0 Å². The number of ether oxygens (including phenoxy) is 1. The van der Waals surface area contributed by atoms with Gasteiger partial charge in [0.25, 0.3) is 0 Å². The normalized spacial score (nSPS) is 11.0. The molecule has 4 rings (SSSR count). The molecule has 0 aliphatic rings. The Morgan fingerprint density at radius 3 is 2.89 bits per heavy atom. The minimum Gasteiger partial charge on any atom is -0.456 e. The van der Waals surface area contributed by atoms with Gasteiger partial charge in [-0.3, -0.25) is 0 Å². The summed E-state index contributed by atoms with van der Waals surface area (Å²) in [6.07, 6.45) is 0.842. The van der Waals surface area contributed by atoms with Crippen LogP contribution >= 0.6 is 22.7 Å². The maximum atomic E-state index is 12.3.